The van der Waals surface area contributed by atoms with Crippen LogP contribution in [0.1, 0.15) is 11.1 Å². The molecule has 0 bridgehead atoms. The van der Waals surface area contributed by atoms with Crippen LogP contribution in [0.3, 0.4) is 0 Å². The highest BCUT2D eigenvalue weighted by Crippen LogP contribution is 2.19. The standard InChI is InChI=1S/C14H23NO3S/c1-11-4-5-12(2)14(8-11)18-10-13(16)9-15-6-7-19(3)17/h4-5,8,13,15-16H,6-7,9-10H2,1-3H3. The zero-order valence-electron chi connectivity index (χ0n) is 11.8. The molecule has 0 saturated heterocycles. The maximum absolute atomic E-state index is 10.9. The number of hydrogen-bond acceptors (Lipinski definition) is 4. The van der Waals surface area contributed by atoms with Crippen molar-refractivity contribution in [1.29, 1.82) is 0 Å². The lowest BCUT2D eigenvalue weighted by Crippen LogP contribution is -2.33. The second-order valence-corrected chi connectivity index (χ2v) is 6.27. The third kappa shape index (κ3) is 6.71. The lowest BCUT2D eigenvalue weighted by atomic mass is 10.1. The number of hydrogen-bond donors (Lipinski definition) is 2. The fourth-order valence-electron chi connectivity index (χ4n) is 1.59. The largest absolute Gasteiger partial charge is 0.491 e. The van der Waals surface area contributed by atoms with Crippen molar-refractivity contribution in [1.82, 2.24) is 5.32 Å². The van der Waals surface area contributed by atoms with Gasteiger partial charge in [-0.15, -0.1) is 0 Å². The fraction of sp³-hybridized carbons (Fsp3) is 0.571. The first kappa shape index (κ1) is 16.1. The summed E-state index contributed by atoms with van der Waals surface area (Å²) < 4.78 is 16.5. The Bertz CT molecular complexity index is 423. The highest BCUT2D eigenvalue weighted by atomic mass is 32.2. The zero-order chi connectivity index (χ0) is 14.3. The maximum Gasteiger partial charge on any atom is 0.122 e. The van der Waals surface area contributed by atoms with Crippen molar-refractivity contribution < 1.29 is 14.1 Å². The van der Waals surface area contributed by atoms with Gasteiger partial charge in [0.2, 0.25) is 0 Å². The van der Waals surface area contributed by atoms with Gasteiger partial charge in [0.05, 0.1) is 0 Å². The molecule has 2 atom stereocenters. The summed E-state index contributed by atoms with van der Waals surface area (Å²) in [6.07, 6.45) is 1.10. The molecule has 1 aromatic rings. The van der Waals surface area contributed by atoms with E-state index in [0.717, 1.165) is 16.9 Å². The van der Waals surface area contributed by atoms with Gasteiger partial charge in [0.15, 0.2) is 0 Å². The molecule has 2 unspecified atom stereocenters. The Balaban J connectivity index is 2.27. The lowest BCUT2D eigenvalue weighted by Gasteiger charge is -2.14. The summed E-state index contributed by atoms with van der Waals surface area (Å²) in [6.45, 7) is 5.34. The molecule has 0 aromatic heterocycles. The van der Waals surface area contributed by atoms with E-state index in [0.29, 0.717) is 18.8 Å². The van der Waals surface area contributed by atoms with Gasteiger partial charge in [0.1, 0.15) is 18.5 Å². The Kier molecular flexibility index (Phi) is 7.05. The number of aryl methyl sites for hydroxylation is 2. The summed E-state index contributed by atoms with van der Waals surface area (Å²) in [6, 6.07) is 6.01. The number of ether oxygens (including phenoxy) is 1. The Hall–Kier alpha value is -0.910. The van der Waals surface area contributed by atoms with Crippen molar-refractivity contribution in [3.63, 3.8) is 0 Å². The highest BCUT2D eigenvalue weighted by Gasteiger charge is 2.06. The molecule has 0 heterocycles. The fourth-order valence-corrected chi connectivity index (χ4v) is 2.02. The van der Waals surface area contributed by atoms with Crippen LogP contribution in [0.5, 0.6) is 5.75 Å². The predicted octanol–water partition coefficient (Wildman–Crippen LogP) is 1.01. The van der Waals surface area contributed by atoms with Crippen molar-refractivity contribution in [3.05, 3.63) is 29.3 Å². The van der Waals surface area contributed by atoms with Gasteiger partial charge in [-0.3, -0.25) is 4.21 Å². The van der Waals surface area contributed by atoms with Gasteiger partial charge in [-0.05, 0) is 31.0 Å². The quantitative estimate of drug-likeness (QED) is 0.700. The minimum atomic E-state index is -0.795. The molecule has 0 aliphatic heterocycles. The summed E-state index contributed by atoms with van der Waals surface area (Å²) in [4.78, 5) is 0. The van der Waals surface area contributed by atoms with Gasteiger partial charge in [0, 0.05) is 35.9 Å². The predicted molar refractivity (Wildman–Crippen MR) is 79.2 cm³/mol. The van der Waals surface area contributed by atoms with E-state index in [1.807, 2.05) is 32.0 Å². The van der Waals surface area contributed by atoms with E-state index < -0.39 is 16.9 Å². The van der Waals surface area contributed by atoms with Crippen LogP contribution in [-0.4, -0.2) is 47.1 Å². The molecule has 19 heavy (non-hydrogen) atoms. The molecule has 0 aliphatic carbocycles. The molecule has 0 fully saturated rings. The summed E-state index contributed by atoms with van der Waals surface area (Å²) >= 11 is 0. The van der Waals surface area contributed by atoms with Crippen LogP contribution in [0.25, 0.3) is 0 Å². The molecule has 1 aromatic carbocycles. The molecule has 0 radical (unpaired) electrons. The van der Waals surface area contributed by atoms with Crippen LogP contribution in [0.2, 0.25) is 0 Å². The molecule has 1 rings (SSSR count). The average Bonchev–Trinajstić information content (AvgIpc) is 2.35. The third-order valence-electron chi connectivity index (χ3n) is 2.72. The van der Waals surface area contributed by atoms with E-state index in [-0.39, 0.29) is 6.61 Å². The first-order valence-corrected chi connectivity index (χ1v) is 8.10. The van der Waals surface area contributed by atoms with E-state index in [9.17, 15) is 9.32 Å². The van der Waals surface area contributed by atoms with E-state index in [2.05, 4.69) is 5.32 Å². The minimum Gasteiger partial charge on any atom is -0.491 e. The SMILES string of the molecule is Cc1ccc(C)c(OCC(O)CNCCS(C)=O)c1. The summed E-state index contributed by atoms with van der Waals surface area (Å²) in [5, 5.41) is 12.8. The normalized spacial score (nSPS) is 14.1. The van der Waals surface area contributed by atoms with Crippen LogP contribution >= 0.6 is 0 Å². The molecule has 2 N–H and O–H groups in total. The molecule has 0 spiro atoms. The van der Waals surface area contributed by atoms with Gasteiger partial charge in [0.25, 0.3) is 0 Å². The molecule has 0 saturated carbocycles. The number of aliphatic hydroxyl groups is 1. The number of benzene rings is 1. The van der Waals surface area contributed by atoms with Gasteiger partial charge in [-0.25, -0.2) is 0 Å². The van der Waals surface area contributed by atoms with Gasteiger partial charge >= 0.3 is 0 Å². The Morgan fingerprint density at radius 1 is 1.42 bits per heavy atom. The van der Waals surface area contributed by atoms with Gasteiger partial charge < -0.3 is 15.2 Å². The minimum absolute atomic E-state index is 0.256. The maximum atomic E-state index is 10.9. The lowest BCUT2D eigenvalue weighted by molar-refractivity contribution is 0.106. The van der Waals surface area contributed by atoms with Crippen LogP contribution in [0, 0.1) is 13.8 Å². The molecule has 4 nitrogen and oxygen atoms in total. The van der Waals surface area contributed by atoms with Crippen molar-refractivity contribution in [2.45, 2.75) is 20.0 Å². The van der Waals surface area contributed by atoms with Crippen molar-refractivity contribution in [3.8, 4) is 5.75 Å². The average molecular weight is 285 g/mol. The van der Waals surface area contributed by atoms with Crippen molar-refractivity contribution >= 4 is 10.8 Å². The summed E-state index contributed by atoms with van der Waals surface area (Å²) in [7, 11) is -0.795. The second-order valence-electron chi connectivity index (χ2n) is 4.72. The Morgan fingerprint density at radius 2 is 2.16 bits per heavy atom. The first-order chi connectivity index (χ1) is 8.99. The monoisotopic (exact) mass is 285 g/mol. The van der Waals surface area contributed by atoms with E-state index in [4.69, 9.17) is 4.74 Å². The molecule has 5 heteroatoms. The summed E-state index contributed by atoms with van der Waals surface area (Å²) in [5.41, 5.74) is 2.20. The molecular weight excluding hydrogens is 262 g/mol. The topological polar surface area (TPSA) is 58.6 Å². The Morgan fingerprint density at radius 3 is 2.84 bits per heavy atom. The summed E-state index contributed by atoms with van der Waals surface area (Å²) in [5.74, 6) is 1.42. The van der Waals surface area contributed by atoms with Crippen LogP contribution in [-0.2, 0) is 10.8 Å². The Labute approximate surface area is 117 Å². The zero-order valence-corrected chi connectivity index (χ0v) is 12.6. The second kappa shape index (κ2) is 8.30. The first-order valence-electron chi connectivity index (χ1n) is 6.38. The molecule has 108 valence electrons. The number of nitrogens with one attached hydrogen (secondary N) is 1. The van der Waals surface area contributed by atoms with E-state index >= 15 is 0 Å². The third-order valence-corrected chi connectivity index (χ3v) is 3.50. The van der Waals surface area contributed by atoms with Gasteiger partial charge in [-0.1, -0.05) is 12.1 Å². The van der Waals surface area contributed by atoms with E-state index in [1.54, 1.807) is 6.26 Å². The van der Waals surface area contributed by atoms with E-state index in [1.165, 1.54) is 0 Å². The van der Waals surface area contributed by atoms with Crippen LogP contribution in [0.15, 0.2) is 18.2 Å². The molecule has 0 amide bonds. The highest BCUT2D eigenvalue weighted by molar-refractivity contribution is 7.84. The van der Waals surface area contributed by atoms with Crippen molar-refractivity contribution in [2.75, 3.05) is 31.7 Å². The van der Waals surface area contributed by atoms with Crippen LogP contribution in [0.4, 0.5) is 0 Å². The molecule has 0 aliphatic rings. The van der Waals surface area contributed by atoms with Gasteiger partial charge in [-0.2, -0.15) is 0 Å². The van der Waals surface area contributed by atoms with Crippen molar-refractivity contribution in [2.24, 2.45) is 0 Å². The molecular formula is C14H23NO3S. The van der Waals surface area contributed by atoms with Crippen LogP contribution < -0.4 is 10.1 Å². The smallest absolute Gasteiger partial charge is 0.122 e. The number of aliphatic hydroxyl groups excluding tert-OH is 1. The number of rotatable bonds is 8.